The summed E-state index contributed by atoms with van der Waals surface area (Å²) in [5.74, 6) is -0.390. The molecule has 0 unspecified atom stereocenters. The molecular formula is C19H13Cl2F2N5O. The van der Waals surface area contributed by atoms with Crippen LogP contribution in [0, 0.1) is 0 Å². The third-order valence-corrected chi connectivity index (χ3v) is 4.85. The number of nitrogens with one attached hydrogen (secondary N) is 2. The number of H-pyrrole nitrogens is 1. The van der Waals surface area contributed by atoms with Crippen molar-refractivity contribution in [2.24, 2.45) is 0 Å². The fourth-order valence-corrected chi connectivity index (χ4v) is 3.31. The van der Waals surface area contributed by atoms with E-state index < -0.39 is 18.2 Å². The minimum absolute atomic E-state index is 0.291. The van der Waals surface area contributed by atoms with Crippen molar-refractivity contribution in [2.45, 2.75) is 13.0 Å². The number of hydrogen-bond acceptors (Lipinski definition) is 3. The second-order valence-electron chi connectivity index (χ2n) is 6.22. The Morgan fingerprint density at radius 2 is 2.00 bits per heavy atom. The smallest absolute Gasteiger partial charge is 0.295 e. The third-order valence-electron chi connectivity index (χ3n) is 4.26. The normalized spacial score (nSPS) is 11.3. The van der Waals surface area contributed by atoms with E-state index in [4.69, 9.17) is 23.2 Å². The van der Waals surface area contributed by atoms with Gasteiger partial charge in [0.2, 0.25) is 0 Å². The summed E-state index contributed by atoms with van der Waals surface area (Å²) in [5.41, 5.74) is 1.79. The lowest BCUT2D eigenvalue weighted by atomic mass is 10.2. The summed E-state index contributed by atoms with van der Waals surface area (Å²) in [6, 6.07) is 11.3. The van der Waals surface area contributed by atoms with E-state index in [9.17, 15) is 13.6 Å². The topological polar surface area (TPSA) is 75.6 Å². The molecule has 0 radical (unpaired) electrons. The van der Waals surface area contributed by atoms with Crippen molar-refractivity contribution in [3.8, 4) is 0 Å². The van der Waals surface area contributed by atoms with E-state index in [-0.39, 0.29) is 0 Å². The standard InChI is InChI=1S/C19H13Cl2F2N5O/c20-12-3-1-11(13(21)8-12)9-28-16(5-6-24-28)27-19(29)10-2-4-14-15(7-10)26-18(25-14)17(22)23/h1-8,17H,9H2,(H,25,26)(H,27,29). The molecule has 0 aliphatic rings. The summed E-state index contributed by atoms with van der Waals surface area (Å²) in [7, 11) is 0. The number of aromatic nitrogens is 4. The number of aromatic amines is 1. The van der Waals surface area contributed by atoms with Crippen LogP contribution in [0.5, 0.6) is 0 Å². The number of alkyl halides is 2. The number of fused-ring (bicyclic) bond motifs is 1. The molecule has 0 spiro atoms. The molecule has 2 N–H and O–H groups in total. The molecule has 6 nitrogen and oxygen atoms in total. The molecule has 148 valence electrons. The number of nitrogens with zero attached hydrogens (tertiary/aromatic N) is 3. The summed E-state index contributed by atoms with van der Waals surface area (Å²) in [6.07, 6.45) is -1.17. The quantitative estimate of drug-likeness (QED) is 0.446. The number of benzene rings is 2. The predicted molar refractivity (Wildman–Crippen MR) is 107 cm³/mol. The van der Waals surface area contributed by atoms with Crippen LogP contribution < -0.4 is 5.32 Å². The summed E-state index contributed by atoms with van der Waals surface area (Å²) >= 11 is 12.1. The molecule has 2 aromatic carbocycles. The lowest BCUT2D eigenvalue weighted by molar-refractivity contribution is 0.102. The molecule has 0 aliphatic heterocycles. The molecule has 4 rings (SSSR count). The van der Waals surface area contributed by atoms with Gasteiger partial charge in [0.25, 0.3) is 12.3 Å². The van der Waals surface area contributed by atoms with Crippen molar-refractivity contribution in [3.05, 3.63) is 75.7 Å². The van der Waals surface area contributed by atoms with Crippen molar-refractivity contribution in [2.75, 3.05) is 5.32 Å². The summed E-state index contributed by atoms with van der Waals surface area (Å²) < 4.78 is 27.2. The molecule has 1 amide bonds. The van der Waals surface area contributed by atoms with Gasteiger partial charge in [0, 0.05) is 21.7 Å². The number of hydrogen-bond donors (Lipinski definition) is 2. The molecule has 0 saturated heterocycles. The van der Waals surface area contributed by atoms with Crippen LogP contribution in [0.4, 0.5) is 14.6 Å². The maximum absolute atomic E-state index is 12.8. The first-order valence-corrected chi connectivity index (χ1v) is 9.21. The Kier molecular flexibility index (Phi) is 5.21. The summed E-state index contributed by atoms with van der Waals surface area (Å²) in [4.78, 5) is 18.9. The first-order valence-electron chi connectivity index (χ1n) is 8.45. The highest BCUT2D eigenvalue weighted by molar-refractivity contribution is 6.35. The number of imidazole rings is 1. The van der Waals surface area contributed by atoms with Gasteiger partial charge in [0.1, 0.15) is 5.82 Å². The predicted octanol–water partition coefficient (Wildman–Crippen LogP) is 5.30. The molecule has 0 saturated carbocycles. The molecule has 2 heterocycles. The number of carbonyl (C=O) groups is 1. The fraction of sp³-hybridized carbons (Fsp3) is 0.105. The Balaban J connectivity index is 1.55. The van der Waals surface area contributed by atoms with Crippen LogP contribution in [0.3, 0.4) is 0 Å². The van der Waals surface area contributed by atoms with Gasteiger partial charge < -0.3 is 10.3 Å². The lowest BCUT2D eigenvalue weighted by Gasteiger charge is -2.10. The van der Waals surface area contributed by atoms with Crippen LogP contribution >= 0.6 is 23.2 Å². The molecule has 0 atom stereocenters. The van der Waals surface area contributed by atoms with Gasteiger partial charge in [-0.05, 0) is 35.9 Å². The lowest BCUT2D eigenvalue weighted by Crippen LogP contribution is -2.16. The van der Waals surface area contributed by atoms with Crippen molar-refractivity contribution in [1.29, 1.82) is 0 Å². The van der Waals surface area contributed by atoms with Crippen molar-refractivity contribution >= 4 is 46.0 Å². The Morgan fingerprint density at radius 3 is 2.76 bits per heavy atom. The van der Waals surface area contributed by atoms with Crippen molar-refractivity contribution < 1.29 is 13.6 Å². The highest BCUT2D eigenvalue weighted by Crippen LogP contribution is 2.24. The van der Waals surface area contributed by atoms with Crippen LogP contribution in [0.15, 0.2) is 48.7 Å². The zero-order chi connectivity index (χ0) is 20.5. The average Bonchev–Trinajstić information content (AvgIpc) is 3.30. The van der Waals surface area contributed by atoms with E-state index in [1.54, 1.807) is 35.1 Å². The largest absolute Gasteiger partial charge is 0.337 e. The molecule has 29 heavy (non-hydrogen) atoms. The van der Waals surface area contributed by atoms with Gasteiger partial charge >= 0.3 is 0 Å². The maximum atomic E-state index is 12.8. The second-order valence-corrected chi connectivity index (χ2v) is 7.06. The van der Waals surface area contributed by atoms with E-state index in [0.29, 0.717) is 39.0 Å². The molecule has 0 aliphatic carbocycles. The number of carbonyl (C=O) groups excluding carboxylic acids is 1. The Morgan fingerprint density at radius 1 is 1.17 bits per heavy atom. The zero-order valence-corrected chi connectivity index (χ0v) is 16.2. The Hall–Kier alpha value is -2.97. The Labute approximate surface area is 173 Å². The van der Waals surface area contributed by atoms with E-state index in [1.807, 2.05) is 0 Å². The second kappa shape index (κ2) is 7.81. The molecular weight excluding hydrogens is 423 g/mol. The molecule has 0 bridgehead atoms. The monoisotopic (exact) mass is 435 g/mol. The molecule has 0 fully saturated rings. The maximum Gasteiger partial charge on any atom is 0.295 e. The SMILES string of the molecule is O=C(Nc1ccnn1Cc1ccc(Cl)cc1Cl)c1ccc2nc(C(F)F)[nH]c2c1. The van der Waals surface area contributed by atoms with E-state index in [2.05, 4.69) is 20.4 Å². The van der Waals surface area contributed by atoms with Gasteiger partial charge in [0.05, 0.1) is 23.8 Å². The fourth-order valence-electron chi connectivity index (χ4n) is 2.84. The Bertz CT molecular complexity index is 1200. The van der Waals surface area contributed by atoms with Gasteiger partial charge in [0.15, 0.2) is 5.82 Å². The highest BCUT2D eigenvalue weighted by atomic mass is 35.5. The molecule has 4 aromatic rings. The van der Waals surface area contributed by atoms with Crippen LogP contribution in [0.2, 0.25) is 10.0 Å². The molecule has 10 heteroatoms. The van der Waals surface area contributed by atoms with Crippen LogP contribution in [-0.4, -0.2) is 25.7 Å². The average molecular weight is 436 g/mol. The van der Waals surface area contributed by atoms with Gasteiger partial charge in [-0.3, -0.25) is 4.79 Å². The van der Waals surface area contributed by atoms with Gasteiger partial charge in [-0.15, -0.1) is 0 Å². The van der Waals surface area contributed by atoms with Crippen LogP contribution in [-0.2, 0) is 6.54 Å². The number of rotatable bonds is 5. The van der Waals surface area contributed by atoms with Gasteiger partial charge in [-0.25, -0.2) is 18.4 Å². The summed E-state index contributed by atoms with van der Waals surface area (Å²) in [6.45, 7) is 0.329. The van der Waals surface area contributed by atoms with Crippen molar-refractivity contribution in [1.82, 2.24) is 19.7 Å². The number of anilines is 1. The number of amides is 1. The van der Waals surface area contributed by atoms with Gasteiger partial charge in [-0.2, -0.15) is 5.10 Å². The van der Waals surface area contributed by atoms with E-state index in [1.165, 1.54) is 18.2 Å². The van der Waals surface area contributed by atoms with E-state index >= 15 is 0 Å². The van der Waals surface area contributed by atoms with Crippen molar-refractivity contribution in [3.63, 3.8) is 0 Å². The van der Waals surface area contributed by atoms with Gasteiger partial charge in [-0.1, -0.05) is 29.3 Å². The zero-order valence-electron chi connectivity index (χ0n) is 14.7. The minimum Gasteiger partial charge on any atom is -0.337 e. The first kappa shape index (κ1) is 19.4. The van der Waals surface area contributed by atoms with E-state index in [0.717, 1.165) is 5.56 Å². The number of halogens is 4. The van der Waals surface area contributed by atoms with Crippen LogP contribution in [0.25, 0.3) is 11.0 Å². The summed E-state index contributed by atoms with van der Waals surface area (Å²) in [5, 5.41) is 7.98. The highest BCUT2D eigenvalue weighted by Gasteiger charge is 2.15. The third kappa shape index (κ3) is 4.08. The van der Waals surface area contributed by atoms with Crippen LogP contribution in [0.1, 0.15) is 28.2 Å². The molecule has 2 aromatic heterocycles. The first-order chi connectivity index (χ1) is 13.9. The minimum atomic E-state index is -2.71.